The normalized spacial score (nSPS) is 51.2. The van der Waals surface area contributed by atoms with E-state index in [9.17, 15) is 24.9 Å². The Hall–Kier alpha value is -1.83. The van der Waals surface area contributed by atoms with Crippen LogP contribution in [0, 0.1) is 28.6 Å². The number of aliphatic imine (C=N–C) groups is 1. The van der Waals surface area contributed by atoms with Crippen molar-refractivity contribution in [3.05, 3.63) is 23.8 Å². The summed E-state index contributed by atoms with van der Waals surface area (Å²) < 4.78 is 5.96. The fourth-order valence-electron chi connectivity index (χ4n) is 7.86. The van der Waals surface area contributed by atoms with E-state index in [1.54, 1.807) is 6.92 Å². The highest BCUT2D eigenvalue weighted by molar-refractivity contribution is 6.01. The lowest BCUT2D eigenvalue weighted by molar-refractivity contribution is -0.150. The first kappa shape index (κ1) is 20.1. The highest BCUT2D eigenvalue weighted by Gasteiger charge is 2.74. The Morgan fingerprint density at radius 2 is 2.03 bits per heavy atom. The molecule has 7 heteroatoms. The molecule has 162 valence electrons. The molecule has 3 N–H and O–H groups in total. The maximum absolute atomic E-state index is 13.1. The van der Waals surface area contributed by atoms with Crippen molar-refractivity contribution in [3.8, 4) is 0 Å². The second-order valence-corrected chi connectivity index (χ2v) is 10.2. The molecule has 0 spiro atoms. The van der Waals surface area contributed by atoms with Crippen LogP contribution in [0.5, 0.6) is 0 Å². The van der Waals surface area contributed by atoms with Crippen molar-refractivity contribution in [2.45, 2.75) is 63.9 Å². The van der Waals surface area contributed by atoms with Crippen molar-refractivity contribution in [3.63, 3.8) is 0 Å². The second-order valence-electron chi connectivity index (χ2n) is 10.2. The molecule has 5 rings (SSSR count). The van der Waals surface area contributed by atoms with Gasteiger partial charge in [0, 0.05) is 23.7 Å². The van der Waals surface area contributed by atoms with Crippen molar-refractivity contribution in [1.29, 1.82) is 0 Å². The summed E-state index contributed by atoms with van der Waals surface area (Å²) in [4.78, 5) is 29.7. The van der Waals surface area contributed by atoms with Crippen LogP contribution in [0.3, 0.4) is 0 Å². The molecule has 1 heterocycles. The number of allylic oxidation sites excluding steroid dienone is 3. The molecular formula is C23H29NO6. The molecule has 7 nitrogen and oxygen atoms in total. The molecule has 3 fully saturated rings. The summed E-state index contributed by atoms with van der Waals surface area (Å²) in [6, 6.07) is 0. The number of Topliss-reactive ketones (excluding diaryl/α,β-unsaturated/α-hetero) is 1. The average molecular weight is 415 g/mol. The SMILES string of the molecule is CC1=NC2(C(=O)CO)C(CC3[C@H]4C[C@@H](O)C5=CC(=O)C=C[C@]5(C)C4[C@@H](O)C[C@@]32C)O1. The van der Waals surface area contributed by atoms with E-state index in [-0.39, 0.29) is 29.3 Å². The summed E-state index contributed by atoms with van der Waals surface area (Å²) in [5.74, 6) is -0.334. The van der Waals surface area contributed by atoms with Gasteiger partial charge in [-0.15, -0.1) is 0 Å². The Morgan fingerprint density at radius 1 is 1.30 bits per heavy atom. The summed E-state index contributed by atoms with van der Waals surface area (Å²) in [7, 11) is 0. The predicted octanol–water partition coefficient (Wildman–Crippen LogP) is 0.963. The molecular weight excluding hydrogens is 386 g/mol. The molecule has 4 aliphatic carbocycles. The van der Waals surface area contributed by atoms with E-state index >= 15 is 0 Å². The van der Waals surface area contributed by atoms with Gasteiger partial charge < -0.3 is 20.1 Å². The minimum atomic E-state index is -1.21. The van der Waals surface area contributed by atoms with Crippen LogP contribution < -0.4 is 0 Å². The number of hydrogen-bond acceptors (Lipinski definition) is 7. The third-order valence-electron chi connectivity index (χ3n) is 8.92. The van der Waals surface area contributed by atoms with Gasteiger partial charge in [0.15, 0.2) is 23.0 Å². The molecule has 0 bridgehead atoms. The standard InChI is InChI=1S/C23H29NO6/c1-11-24-23(18(29)10-25)19(30-11)8-14-13-7-16(27)15-6-12(26)4-5-21(15,2)20(13)17(28)9-22(14,23)3/h4-6,13-14,16-17,19-20,25,27-28H,7-10H2,1-3H3/t13-,14?,16-,17+,19?,20?,21+,22+,23?/m1/s1. The van der Waals surface area contributed by atoms with Crippen molar-refractivity contribution >= 4 is 17.5 Å². The fraction of sp³-hybridized carbons (Fsp3) is 0.696. The first-order valence-corrected chi connectivity index (χ1v) is 10.8. The number of ketones is 2. The van der Waals surface area contributed by atoms with Crippen molar-refractivity contribution in [2.75, 3.05) is 6.61 Å². The lowest BCUT2D eigenvalue weighted by Crippen LogP contribution is -2.63. The molecule has 0 aromatic heterocycles. The Kier molecular flexibility index (Phi) is 4.09. The predicted molar refractivity (Wildman–Crippen MR) is 108 cm³/mol. The summed E-state index contributed by atoms with van der Waals surface area (Å²) in [5, 5.41) is 32.2. The van der Waals surface area contributed by atoms with Crippen molar-refractivity contribution in [2.24, 2.45) is 33.6 Å². The van der Waals surface area contributed by atoms with Gasteiger partial charge in [-0.25, -0.2) is 4.99 Å². The Morgan fingerprint density at radius 3 is 2.73 bits per heavy atom. The van der Waals surface area contributed by atoms with Gasteiger partial charge >= 0.3 is 0 Å². The average Bonchev–Trinajstić information content (AvgIpc) is 3.13. The first-order chi connectivity index (χ1) is 14.1. The highest BCUT2D eigenvalue weighted by atomic mass is 16.5. The molecule has 0 aromatic rings. The van der Waals surface area contributed by atoms with Crippen LogP contribution in [-0.2, 0) is 14.3 Å². The van der Waals surface area contributed by atoms with E-state index in [1.807, 2.05) is 19.9 Å². The van der Waals surface area contributed by atoms with E-state index in [0.717, 1.165) is 0 Å². The third kappa shape index (κ3) is 2.18. The van der Waals surface area contributed by atoms with Gasteiger partial charge in [0.25, 0.3) is 0 Å². The Labute approximate surface area is 175 Å². The molecule has 9 atom stereocenters. The van der Waals surface area contributed by atoms with E-state index in [1.165, 1.54) is 12.2 Å². The Bertz CT molecular complexity index is 923. The summed E-state index contributed by atoms with van der Waals surface area (Å²) in [5.41, 5.74) is -1.85. The second kappa shape index (κ2) is 6.11. The first-order valence-electron chi connectivity index (χ1n) is 10.8. The molecule has 5 aliphatic rings. The molecule has 0 saturated heterocycles. The van der Waals surface area contributed by atoms with E-state index in [4.69, 9.17) is 4.74 Å². The minimum absolute atomic E-state index is 0.0118. The van der Waals surface area contributed by atoms with Gasteiger partial charge in [0.05, 0.1) is 12.2 Å². The van der Waals surface area contributed by atoms with Gasteiger partial charge in [-0.2, -0.15) is 0 Å². The van der Waals surface area contributed by atoms with E-state index in [2.05, 4.69) is 4.99 Å². The van der Waals surface area contributed by atoms with E-state index in [0.29, 0.717) is 30.7 Å². The maximum atomic E-state index is 13.1. The minimum Gasteiger partial charge on any atom is -0.475 e. The van der Waals surface area contributed by atoms with Crippen LogP contribution in [0.25, 0.3) is 0 Å². The number of carbonyl (C=O) groups is 2. The summed E-state index contributed by atoms with van der Waals surface area (Å²) >= 11 is 0. The number of fused-ring (bicyclic) bond motifs is 7. The highest BCUT2D eigenvalue weighted by Crippen LogP contribution is 2.69. The van der Waals surface area contributed by atoms with Gasteiger partial charge in [0.2, 0.25) is 0 Å². The monoisotopic (exact) mass is 415 g/mol. The smallest absolute Gasteiger partial charge is 0.190 e. The lowest BCUT2D eigenvalue weighted by Gasteiger charge is -2.60. The third-order valence-corrected chi connectivity index (χ3v) is 8.92. The molecule has 0 aromatic carbocycles. The number of carbonyl (C=O) groups excluding carboxylic acids is 2. The van der Waals surface area contributed by atoms with Crippen molar-refractivity contribution in [1.82, 2.24) is 0 Å². The van der Waals surface area contributed by atoms with Crippen LogP contribution in [0.1, 0.15) is 40.0 Å². The van der Waals surface area contributed by atoms with Crippen LogP contribution in [-0.4, -0.2) is 63.2 Å². The molecule has 1 aliphatic heterocycles. The summed E-state index contributed by atoms with van der Waals surface area (Å²) in [6.07, 6.45) is 4.23. The molecule has 4 unspecified atom stereocenters. The maximum Gasteiger partial charge on any atom is 0.190 e. The molecule has 0 amide bonds. The van der Waals surface area contributed by atoms with Crippen LogP contribution in [0.15, 0.2) is 28.8 Å². The fourth-order valence-corrected chi connectivity index (χ4v) is 7.86. The number of rotatable bonds is 2. The molecule has 30 heavy (non-hydrogen) atoms. The topological polar surface area (TPSA) is 116 Å². The zero-order valence-electron chi connectivity index (χ0n) is 17.5. The van der Waals surface area contributed by atoms with Crippen LogP contribution in [0.2, 0.25) is 0 Å². The number of nitrogens with zero attached hydrogens (tertiary/aromatic N) is 1. The Balaban J connectivity index is 1.63. The van der Waals surface area contributed by atoms with Gasteiger partial charge in [-0.05, 0) is 48.8 Å². The van der Waals surface area contributed by atoms with E-state index < -0.39 is 41.3 Å². The largest absolute Gasteiger partial charge is 0.475 e. The summed E-state index contributed by atoms with van der Waals surface area (Å²) in [6.45, 7) is 5.06. The zero-order chi connectivity index (χ0) is 21.6. The molecule has 0 radical (unpaired) electrons. The van der Waals surface area contributed by atoms with Crippen LogP contribution >= 0.6 is 0 Å². The quantitative estimate of drug-likeness (QED) is 0.619. The van der Waals surface area contributed by atoms with Gasteiger partial charge in [-0.3, -0.25) is 9.59 Å². The van der Waals surface area contributed by atoms with Crippen LogP contribution in [0.4, 0.5) is 0 Å². The number of aliphatic hydroxyl groups excluding tert-OH is 3. The number of ether oxygens (including phenoxy) is 1. The van der Waals surface area contributed by atoms with Gasteiger partial charge in [0.1, 0.15) is 12.7 Å². The van der Waals surface area contributed by atoms with Crippen molar-refractivity contribution < 1.29 is 29.6 Å². The van der Waals surface area contributed by atoms with Gasteiger partial charge in [-0.1, -0.05) is 19.9 Å². The number of hydrogen-bond donors (Lipinski definition) is 3. The lowest BCUT2D eigenvalue weighted by atomic mass is 9.45. The number of aliphatic hydroxyl groups is 3. The zero-order valence-corrected chi connectivity index (χ0v) is 17.5. The molecule has 3 saturated carbocycles.